The van der Waals surface area contributed by atoms with Gasteiger partial charge in [0.25, 0.3) is 0 Å². The highest BCUT2D eigenvalue weighted by atomic mass is 16.5. The van der Waals surface area contributed by atoms with Crippen molar-refractivity contribution < 1.29 is 14.3 Å². The van der Waals surface area contributed by atoms with Crippen LogP contribution in [-0.4, -0.2) is 36.5 Å². The van der Waals surface area contributed by atoms with Gasteiger partial charge in [-0.3, -0.25) is 9.59 Å². The summed E-state index contributed by atoms with van der Waals surface area (Å²) in [7, 11) is 1.38. The van der Waals surface area contributed by atoms with Crippen molar-refractivity contribution in [3.05, 3.63) is 0 Å². The molecule has 2 heterocycles. The fourth-order valence-corrected chi connectivity index (χ4v) is 2.35. The number of methoxy groups -OCH3 is 1. The summed E-state index contributed by atoms with van der Waals surface area (Å²) in [4.78, 5) is 24.5. The smallest absolute Gasteiger partial charge is 0.311 e. The Hall–Kier alpha value is -1.06. The lowest BCUT2D eigenvalue weighted by molar-refractivity contribution is -0.146. The number of hydrogen-bond acceptors (Lipinski definition) is 3. The summed E-state index contributed by atoms with van der Waals surface area (Å²) in [5.74, 6) is -0.333. The second kappa shape index (κ2) is 3.01. The molecule has 2 aliphatic heterocycles. The van der Waals surface area contributed by atoms with Crippen LogP contribution >= 0.6 is 0 Å². The van der Waals surface area contributed by atoms with Crippen molar-refractivity contribution in [2.45, 2.75) is 25.3 Å². The number of carbonyl (C=O) groups is 2. The van der Waals surface area contributed by atoms with Crippen LogP contribution in [0, 0.1) is 5.92 Å². The van der Waals surface area contributed by atoms with E-state index in [0.29, 0.717) is 6.42 Å². The van der Waals surface area contributed by atoms with Crippen LogP contribution in [0.1, 0.15) is 19.3 Å². The topological polar surface area (TPSA) is 46.6 Å². The minimum atomic E-state index is -0.234. The molecule has 2 aliphatic rings. The van der Waals surface area contributed by atoms with Gasteiger partial charge in [0.1, 0.15) is 0 Å². The van der Waals surface area contributed by atoms with Crippen molar-refractivity contribution in [1.82, 2.24) is 4.90 Å². The number of hydrogen-bond donors (Lipinski definition) is 0. The second-order valence-corrected chi connectivity index (χ2v) is 3.63. The van der Waals surface area contributed by atoms with E-state index >= 15 is 0 Å². The fourth-order valence-electron chi connectivity index (χ4n) is 2.35. The van der Waals surface area contributed by atoms with E-state index in [4.69, 9.17) is 0 Å². The molecule has 2 rings (SSSR count). The molecule has 0 bridgehead atoms. The monoisotopic (exact) mass is 183 g/mol. The molecule has 0 radical (unpaired) electrons. The molecule has 1 amide bonds. The van der Waals surface area contributed by atoms with Crippen molar-refractivity contribution >= 4 is 11.9 Å². The maximum absolute atomic E-state index is 11.4. The summed E-state index contributed by atoms with van der Waals surface area (Å²) in [5.41, 5.74) is 0. The van der Waals surface area contributed by atoms with Gasteiger partial charge in [-0.05, 0) is 12.8 Å². The number of fused-ring (bicyclic) bond motifs is 1. The van der Waals surface area contributed by atoms with Crippen LogP contribution in [0.3, 0.4) is 0 Å². The molecule has 2 saturated heterocycles. The van der Waals surface area contributed by atoms with Crippen LogP contribution < -0.4 is 0 Å². The molecule has 1 unspecified atom stereocenters. The van der Waals surface area contributed by atoms with Crippen LogP contribution in [0.15, 0.2) is 0 Å². The molecule has 2 fully saturated rings. The molecule has 0 aromatic heterocycles. The van der Waals surface area contributed by atoms with Gasteiger partial charge < -0.3 is 9.64 Å². The number of rotatable bonds is 1. The minimum absolute atomic E-state index is 0.109. The third-order valence-electron chi connectivity index (χ3n) is 2.98. The number of amides is 1. The van der Waals surface area contributed by atoms with E-state index in [-0.39, 0.29) is 23.8 Å². The minimum Gasteiger partial charge on any atom is -0.469 e. The number of nitrogens with zero attached hydrogens (tertiary/aromatic N) is 1. The summed E-state index contributed by atoms with van der Waals surface area (Å²) in [5, 5.41) is 0. The van der Waals surface area contributed by atoms with Crippen LogP contribution in [-0.2, 0) is 14.3 Å². The first kappa shape index (κ1) is 8.53. The first-order valence-corrected chi connectivity index (χ1v) is 4.61. The zero-order chi connectivity index (χ0) is 9.42. The van der Waals surface area contributed by atoms with Gasteiger partial charge in [0, 0.05) is 19.0 Å². The Labute approximate surface area is 76.8 Å². The number of ether oxygens (including phenoxy) is 1. The first-order valence-electron chi connectivity index (χ1n) is 4.61. The molecule has 4 nitrogen and oxygen atoms in total. The Bertz CT molecular complexity index is 251. The van der Waals surface area contributed by atoms with Crippen molar-refractivity contribution in [2.24, 2.45) is 5.92 Å². The van der Waals surface area contributed by atoms with Crippen LogP contribution in [0.25, 0.3) is 0 Å². The van der Waals surface area contributed by atoms with Crippen molar-refractivity contribution in [1.29, 1.82) is 0 Å². The molecule has 0 aromatic rings. The average Bonchev–Trinajstić information content (AvgIpc) is 2.68. The molecule has 0 aliphatic carbocycles. The molecule has 0 aromatic carbocycles. The van der Waals surface area contributed by atoms with E-state index in [2.05, 4.69) is 4.74 Å². The van der Waals surface area contributed by atoms with Gasteiger partial charge >= 0.3 is 5.97 Å². The Morgan fingerprint density at radius 2 is 2.38 bits per heavy atom. The molecule has 4 heteroatoms. The van der Waals surface area contributed by atoms with E-state index in [0.717, 1.165) is 19.4 Å². The van der Waals surface area contributed by atoms with E-state index in [1.54, 1.807) is 0 Å². The Morgan fingerprint density at radius 1 is 1.62 bits per heavy atom. The molecule has 0 saturated carbocycles. The summed E-state index contributed by atoms with van der Waals surface area (Å²) in [6, 6.07) is 0.125. The SMILES string of the molecule is COC(=O)C1CC(=O)N2CCC[C@H]12. The van der Waals surface area contributed by atoms with Gasteiger partial charge in [0.2, 0.25) is 5.91 Å². The van der Waals surface area contributed by atoms with Gasteiger partial charge in [0.05, 0.1) is 13.0 Å². The zero-order valence-electron chi connectivity index (χ0n) is 7.66. The molecule has 2 atom stereocenters. The highest BCUT2D eigenvalue weighted by Gasteiger charge is 2.46. The molecular weight excluding hydrogens is 170 g/mol. The zero-order valence-corrected chi connectivity index (χ0v) is 7.66. The highest BCUT2D eigenvalue weighted by molar-refractivity contribution is 5.88. The van der Waals surface area contributed by atoms with Gasteiger partial charge in [-0.25, -0.2) is 0 Å². The first-order chi connectivity index (χ1) is 6.24. The Morgan fingerprint density at radius 3 is 3.08 bits per heavy atom. The maximum Gasteiger partial charge on any atom is 0.311 e. The Kier molecular flexibility index (Phi) is 1.98. The lowest BCUT2D eigenvalue weighted by atomic mass is 9.99. The molecule has 13 heavy (non-hydrogen) atoms. The molecule has 72 valence electrons. The Balaban J connectivity index is 2.14. The van der Waals surface area contributed by atoms with E-state index < -0.39 is 0 Å². The normalized spacial score (nSPS) is 32.1. The van der Waals surface area contributed by atoms with Crippen molar-refractivity contribution in [3.8, 4) is 0 Å². The predicted molar refractivity (Wildman–Crippen MR) is 44.9 cm³/mol. The van der Waals surface area contributed by atoms with E-state index in [1.165, 1.54) is 7.11 Å². The average molecular weight is 183 g/mol. The molecule has 0 N–H and O–H groups in total. The third kappa shape index (κ3) is 1.20. The molecule has 0 spiro atoms. The summed E-state index contributed by atoms with van der Waals surface area (Å²) < 4.78 is 4.67. The van der Waals surface area contributed by atoms with Crippen LogP contribution in [0.2, 0.25) is 0 Å². The standard InChI is InChI=1S/C9H13NO3/c1-13-9(12)6-5-8(11)10-4-2-3-7(6)10/h6-7H,2-5H2,1H3/t6?,7-/m1/s1. The van der Waals surface area contributed by atoms with Gasteiger partial charge in [-0.2, -0.15) is 0 Å². The summed E-state index contributed by atoms with van der Waals surface area (Å²) >= 11 is 0. The molecular formula is C9H13NO3. The highest BCUT2D eigenvalue weighted by Crippen LogP contribution is 2.34. The van der Waals surface area contributed by atoms with Crippen molar-refractivity contribution in [2.75, 3.05) is 13.7 Å². The van der Waals surface area contributed by atoms with Gasteiger partial charge in [-0.1, -0.05) is 0 Å². The third-order valence-corrected chi connectivity index (χ3v) is 2.98. The quantitative estimate of drug-likeness (QED) is 0.544. The number of carbonyl (C=O) groups excluding carboxylic acids is 2. The predicted octanol–water partition coefficient (Wildman–Crippen LogP) is 0.170. The fraction of sp³-hybridized carbons (Fsp3) is 0.778. The van der Waals surface area contributed by atoms with Crippen molar-refractivity contribution in [3.63, 3.8) is 0 Å². The number of esters is 1. The van der Waals surface area contributed by atoms with Gasteiger partial charge in [-0.15, -0.1) is 0 Å². The van der Waals surface area contributed by atoms with Crippen LogP contribution in [0.5, 0.6) is 0 Å². The summed E-state index contributed by atoms with van der Waals surface area (Å²) in [6.45, 7) is 0.816. The van der Waals surface area contributed by atoms with E-state index in [9.17, 15) is 9.59 Å². The van der Waals surface area contributed by atoms with Crippen LogP contribution in [0.4, 0.5) is 0 Å². The van der Waals surface area contributed by atoms with Gasteiger partial charge in [0.15, 0.2) is 0 Å². The lowest BCUT2D eigenvalue weighted by Crippen LogP contribution is -2.31. The second-order valence-electron chi connectivity index (χ2n) is 3.63. The summed E-state index contributed by atoms with van der Waals surface area (Å²) in [6.07, 6.45) is 2.31. The largest absolute Gasteiger partial charge is 0.469 e. The lowest BCUT2D eigenvalue weighted by Gasteiger charge is -2.17. The maximum atomic E-state index is 11.4. The van der Waals surface area contributed by atoms with E-state index in [1.807, 2.05) is 4.90 Å².